The molecule has 0 unspecified atom stereocenters. The number of allylic oxidation sites excluding steroid dienone is 2. The predicted molar refractivity (Wildman–Crippen MR) is 333 cm³/mol. The van der Waals surface area contributed by atoms with Crippen molar-refractivity contribution in [1.82, 2.24) is 10.6 Å². The lowest BCUT2D eigenvalue weighted by Gasteiger charge is -2.58. The molecular formula is C70H127N3O7. The molecule has 0 aromatic heterocycles. The molecule has 8 aliphatic rings. The molecular weight excluding hydrogens is 995 g/mol. The molecule has 8 rings (SSSR count). The van der Waals surface area contributed by atoms with Gasteiger partial charge in [0, 0.05) is 19.5 Å². The van der Waals surface area contributed by atoms with Gasteiger partial charge in [0.1, 0.15) is 12.1 Å². The number of nitrogens with two attached hydrogens (primary N) is 1. The number of hydrogen-bond acceptors (Lipinski definition) is 7. The summed E-state index contributed by atoms with van der Waals surface area (Å²) in [6.45, 7) is 34.5. The Morgan fingerprint density at radius 2 is 1.09 bits per heavy atom. The van der Waals surface area contributed by atoms with Crippen LogP contribution in [-0.2, 0) is 23.8 Å². The van der Waals surface area contributed by atoms with Gasteiger partial charge in [-0.15, -0.1) is 0 Å². The zero-order valence-corrected chi connectivity index (χ0v) is 52.5. The van der Waals surface area contributed by atoms with E-state index in [1.165, 1.54) is 128 Å². The highest BCUT2D eigenvalue weighted by molar-refractivity contribution is 5.76. The summed E-state index contributed by atoms with van der Waals surface area (Å²) in [6.07, 6.45) is 36.2. The number of carboxylic acid groups (broad SMARTS) is 1. The standard InChI is InChI=1S/C32H55NO2.C29H51NO.C7H13NO4.2CH4/c1-7-30(34)33-19-20-35-25-15-17-31(5)24(21-25)11-12-26-28-14-13-27(23(4)10-8-9-22(2)3)32(28,6)18-16-29(26)31;1-20(2)7-6-8-21(3)25-11-12-26-24-10-9-22-19-23(31-18-17-30)13-15-28(22,4)27(24)14-16-29(25,26)5;1-7(2,3)12-6(11)8-4-5(9)10;;/h11,22-23,25-29H,7-10,12-21H2,1-6H3,(H,33,34);9,20-21,23-27H,6-8,10-19,30H2,1-5H3;4H2,1-3H3,(H,8,11)(H,9,10);2*1H4/t23-,25+,26+,27-,28+,29+,31+,32-;21-,23+,24+,25-,26+,27+,28+,29-;;;/m11.../s1. The lowest BCUT2D eigenvalue weighted by atomic mass is 9.47. The van der Waals surface area contributed by atoms with Gasteiger partial charge in [0.15, 0.2) is 0 Å². The number of ether oxygens (including phenoxy) is 3. The summed E-state index contributed by atoms with van der Waals surface area (Å²) in [4.78, 5) is 32.2. The molecule has 2 amide bonds. The first-order valence-corrected chi connectivity index (χ1v) is 32.6. The summed E-state index contributed by atoms with van der Waals surface area (Å²) in [5.41, 5.74) is 10.5. The summed E-state index contributed by atoms with van der Waals surface area (Å²) in [6, 6.07) is 0. The largest absolute Gasteiger partial charge is 0.480 e. The van der Waals surface area contributed by atoms with Gasteiger partial charge in [0.2, 0.25) is 5.91 Å². The fourth-order valence-electron chi connectivity index (χ4n) is 18.8. The van der Waals surface area contributed by atoms with Crippen molar-refractivity contribution in [1.29, 1.82) is 0 Å². The van der Waals surface area contributed by atoms with Gasteiger partial charge in [0.25, 0.3) is 0 Å². The summed E-state index contributed by atoms with van der Waals surface area (Å²) >= 11 is 0. The van der Waals surface area contributed by atoms with Crippen molar-refractivity contribution in [3.8, 4) is 0 Å². The predicted octanol–water partition coefficient (Wildman–Crippen LogP) is 17.2. The number of fused-ring (bicyclic) bond motifs is 10. The SMILES string of the molecule is C.C.CC(C)(C)OC(=O)NCC(=O)O.CC(C)CCC[C@@H](C)[C@H]1CC[C@H]2[C@@H]3CC=C4C[C@@H](OCCN)CC[C@]4(C)[C@H]3CC[C@]12C.CCC(=O)NCCO[C@H]1CC[C@@]2(C)C(=CC[C@H]3[C@@H]4CC[C@H]([C@H](C)CCCC(C)C)[C@@]4(C)CC[C@@H]32)C1. The third-order valence-electron chi connectivity index (χ3n) is 22.9. The van der Waals surface area contributed by atoms with Crippen LogP contribution in [-0.4, -0.2) is 73.7 Å². The maximum absolute atomic E-state index is 11.5. The highest BCUT2D eigenvalue weighted by Crippen LogP contribution is 2.69. The van der Waals surface area contributed by atoms with Crippen LogP contribution >= 0.6 is 0 Å². The van der Waals surface area contributed by atoms with E-state index in [0.29, 0.717) is 60.0 Å². The van der Waals surface area contributed by atoms with E-state index >= 15 is 0 Å². The number of alkyl carbamates (subject to hydrolysis) is 1. The molecule has 0 aliphatic heterocycles. The average molecular weight is 1120 g/mol. The molecule has 6 fully saturated rings. The van der Waals surface area contributed by atoms with Gasteiger partial charge < -0.3 is 35.7 Å². The minimum absolute atomic E-state index is 0. The highest BCUT2D eigenvalue weighted by atomic mass is 16.6. The van der Waals surface area contributed by atoms with Gasteiger partial charge in [0.05, 0.1) is 25.4 Å². The molecule has 0 saturated heterocycles. The molecule has 0 aromatic rings. The van der Waals surface area contributed by atoms with Crippen LogP contribution in [0.3, 0.4) is 0 Å². The van der Waals surface area contributed by atoms with Crippen LogP contribution in [0.15, 0.2) is 23.3 Å². The Labute approximate surface area is 492 Å². The number of carbonyl (C=O) groups excluding carboxylic acids is 2. The van der Waals surface area contributed by atoms with Crippen molar-refractivity contribution in [3.63, 3.8) is 0 Å². The summed E-state index contributed by atoms with van der Waals surface area (Å²) in [5.74, 6) is 9.94. The Morgan fingerprint density at radius 3 is 1.49 bits per heavy atom. The molecule has 6 saturated carbocycles. The topological polar surface area (TPSA) is 149 Å². The fraction of sp³-hybridized carbons (Fsp3) is 0.900. The van der Waals surface area contributed by atoms with Gasteiger partial charge in [-0.1, -0.05) is 153 Å². The van der Waals surface area contributed by atoms with Crippen molar-refractivity contribution >= 4 is 18.0 Å². The molecule has 80 heavy (non-hydrogen) atoms. The maximum Gasteiger partial charge on any atom is 0.408 e. The van der Waals surface area contributed by atoms with Crippen LogP contribution < -0.4 is 16.4 Å². The van der Waals surface area contributed by atoms with E-state index in [-0.39, 0.29) is 20.8 Å². The van der Waals surface area contributed by atoms with Gasteiger partial charge in [-0.3, -0.25) is 9.59 Å². The Bertz CT molecular complexity index is 1990. The molecule has 16 atom stereocenters. The third kappa shape index (κ3) is 17.1. The Morgan fingerprint density at radius 1 is 0.637 bits per heavy atom. The molecule has 0 radical (unpaired) electrons. The van der Waals surface area contributed by atoms with Crippen LogP contribution in [0.25, 0.3) is 0 Å². The van der Waals surface area contributed by atoms with Crippen LogP contribution in [0.2, 0.25) is 0 Å². The third-order valence-corrected chi connectivity index (χ3v) is 22.9. The van der Waals surface area contributed by atoms with Crippen LogP contribution in [0.1, 0.15) is 259 Å². The van der Waals surface area contributed by atoms with Crippen LogP contribution in [0.4, 0.5) is 4.79 Å². The second-order valence-electron chi connectivity index (χ2n) is 29.8. The quantitative estimate of drug-likeness (QED) is 0.0696. The van der Waals surface area contributed by atoms with E-state index in [4.69, 9.17) is 25.1 Å². The Balaban J connectivity index is 0.000000282. The van der Waals surface area contributed by atoms with E-state index in [9.17, 15) is 14.4 Å². The lowest BCUT2D eigenvalue weighted by Crippen LogP contribution is -2.51. The number of carboxylic acids is 1. The Hall–Kier alpha value is -2.43. The first kappa shape index (κ1) is 70.1. The molecule has 0 aromatic carbocycles. The average Bonchev–Trinajstić information content (AvgIpc) is 3.93. The second-order valence-corrected chi connectivity index (χ2v) is 29.8. The van der Waals surface area contributed by atoms with Crippen LogP contribution in [0.5, 0.6) is 0 Å². The number of hydrogen-bond donors (Lipinski definition) is 4. The summed E-state index contributed by atoms with van der Waals surface area (Å²) < 4.78 is 17.1. The maximum atomic E-state index is 11.5. The number of nitrogens with one attached hydrogen (secondary N) is 2. The summed E-state index contributed by atoms with van der Waals surface area (Å²) in [5, 5.41) is 13.2. The monoisotopic (exact) mass is 1120 g/mol. The van der Waals surface area contributed by atoms with Crippen molar-refractivity contribution in [2.45, 2.75) is 277 Å². The number of rotatable bonds is 20. The van der Waals surface area contributed by atoms with Gasteiger partial charge in [-0.2, -0.15) is 0 Å². The molecule has 0 bridgehead atoms. The lowest BCUT2D eigenvalue weighted by molar-refractivity contribution is -0.136. The molecule has 10 nitrogen and oxygen atoms in total. The summed E-state index contributed by atoms with van der Waals surface area (Å²) in [7, 11) is 0. The van der Waals surface area contributed by atoms with Crippen molar-refractivity contribution in [3.05, 3.63) is 23.3 Å². The van der Waals surface area contributed by atoms with Gasteiger partial charge in [-0.25, -0.2) is 4.79 Å². The number of carbonyl (C=O) groups is 3. The Kier molecular flexibility index (Phi) is 26.8. The van der Waals surface area contributed by atoms with Crippen molar-refractivity contribution in [2.24, 2.45) is 98.4 Å². The molecule has 0 spiro atoms. The normalized spacial score (nSPS) is 35.6. The number of aliphatic carboxylic acids is 1. The van der Waals surface area contributed by atoms with E-state index in [2.05, 4.69) is 92.0 Å². The minimum atomic E-state index is -1.10. The van der Waals surface area contributed by atoms with Gasteiger partial charge in [-0.05, 0) is 216 Å². The van der Waals surface area contributed by atoms with E-state index < -0.39 is 24.2 Å². The zero-order chi connectivity index (χ0) is 57.2. The van der Waals surface area contributed by atoms with Crippen LogP contribution in [0, 0.1) is 92.7 Å². The second kappa shape index (κ2) is 30.6. The smallest absolute Gasteiger partial charge is 0.408 e. The van der Waals surface area contributed by atoms with Crippen molar-refractivity contribution in [2.75, 3.05) is 32.8 Å². The minimum Gasteiger partial charge on any atom is -0.480 e. The molecule has 0 heterocycles. The van der Waals surface area contributed by atoms with E-state index in [1.54, 1.807) is 31.9 Å². The van der Waals surface area contributed by atoms with Crippen molar-refractivity contribution < 1.29 is 33.7 Å². The molecule has 10 heteroatoms. The highest BCUT2D eigenvalue weighted by Gasteiger charge is 2.61. The molecule has 8 aliphatic carbocycles. The molecule has 5 N–H and O–H groups in total. The van der Waals surface area contributed by atoms with E-state index in [1.807, 2.05) is 6.92 Å². The first-order chi connectivity index (χ1) is 36.8. The first-order valence-electron chi connectivity index (χ1n) is 32.6. The van der Waals surface area contributed by atoms with E-state index in [0.717, 1.165) is 90.5 Å². The zero-order valence-electron chi connectivity index (χ0n) is 52.5. The molecule has 464 valence electrons. The fourth-order valence-corrected chi connectivity index (χ4v) is 18.8. The number of amides is 2. The van der Waals surface area contributed by atoms with Gasteiger partial charge >= 0.3 is 12.1 Å².